The minimum absolute atomic E-state index is 0.0460. The minimum atomic E-state index is -2.43. The molecular weight excluding hydrogens is 745 g/mol. The summed E-state index contributed by atoms with van der Waals surface area (Å²) in [5.41, 5.74) is 6.31. The molecule has 0 atom stereocenters. The van der Waals surface area contributed by atoms with Crippen LogP contribution < -0.4 is 20.7 Å². The van der Waals surface area contributed by atoms with Gasteiger partial charge in [-0.15, -0.1) is 0 Å². The molecule has 0 N–H and O–H groups in total. The Bertz CT molecular complexity index is 1710. The highest BCUT2D eigenvalue weighted by molar-refractivity contribution is 6.92. The van der Waals surface area contributed by atoms with E-state index >= 15 is 0 Å². The number of rotatable bonds is 14. The maximum absolute atomic E-state index is 8.54. The molecule has 0 aromatic heterocycles. The first-order chi connectivity index (χ1) is 26.7. The molecule has 324 valence electrons. The van der Waals surface area contributed by atoms with Crippen LogP contribution in [0.4, 0.5) is 0 Å². The summed E-state index contributed by atoms with van der Waals surface area (Å²) in [5.74, 6) is 0. The molecule has 0 unspecified atom stereocenters. The summed E-state index contributed by atoms with van der Waals surface area (Å²) in [6.45, 7) is 48.5. The van der Waals surface area contributed by atoms with Crippen LogP contribution in [0.1, 0.15) is 186 Å². The van der Waals surface area contributed by atoms with E-state index in [0.717, 1.165) is 25.7 Å². The average molecular weight is 831 g/mol. The van der Waals surface area contributed by atoms with Crippen molar-refractivity contribution < 1.29 is 4.12 Å². The van der Waals surface area contributed by atoms with E-state index in [-0.39, 0.29) is 43.3 Å². The van der Waals surface area contributed by atoms with Crippen molar-refractivity contribution in [2.24, 2.45) is 21.7 Å². The molecule has 0 aliphatic rings. The van der Waals surface area contributed by atoms with E-state index in [2.05, 4.69) is 236 Å². The second-order valence-corrected chi connectivity index (χ2v) is 30.8. The van der Waals surface area contributed by atoms with Gasteiger partial charge in [0.15, 0.2) is 0 Å². The molecule has 4 rings (SSSR count). The molecule has 1 nitrogen and oxygen atoms in total. The van der Waals surface area contributed by atoms with Crippen molar-refractivity contribution >= 4 is 38.8 Å². The molecule has 0 amide bonds. The van der Waals surface area contributed by atoms with Gasteiger partial charge in [-0.25, -0.2) is 0 Å². The van der Waals surface area contributed by atoms with Crippen LogP contribution in [0.25, 0.3) is 0 Å². The van der Waals surface area contributed by atoms with Crippen LogP contribution in [-0.2, 0) is 25.8 Å². The molecule has 0 saturated carbocycles. The Kier molecular flexibility index (Phi) is 14.6. The zero-order valence-electron chi connectivity index (χ0n) is 41.6. The van der Waals surface area contributed by atoms with Crippen LogP contribution in [0.2, 0.25) is 0 Å². The third kappa shape index (κ3) is 13.1. The van der Waals surface area contributed by atoms with E-state index in [1.165, 1.54) is 43.0 Å². The Morgan fingerprint density at radius 3 is 0.627 bits per heavy atom. The van der Waals surface area contributed by atoms with Gasteiger partial charge in [0.1, 0.15) is 0 Å². The summed E-state index contributed by atoms with van der Waals surface area (Å²) >= 11 is 0. The number of hydrogen-bond donors (Lipinski definition) is 0. The molecule has 0 aliphatic carbocycles. The van der Waals surface area contributed by atoms with E-state index < -0.39 is 18.1 Å². The number of hydrogen-bond acceptors (Lipinski definition) is 1. The molecule has 0 heterocycles. The molecule has 3 heteroatoms. The molecule has 0 spiro atoms. The fourth-order valence-electron chi connectivity index (χ4n) is 11.8. The number of benzene rings is 4. The monoisotopic (exact) mass is 831 g/mol. The summed E-state index contributed by atoms with van der Waals surface area (Å²) in [4.78, 5) is 0. The van der Waals surface area contributed by atoms with Crippen molar-refractivity contribution in [1.29, 1.82) is 0 Å². The smallest absolute Gasteiger partial charge is 0.229 e. The van der Waals surface area contributed by atoms with Crippen LogP contribution in [0.15, 0.2) is 97.1 Å². The van der Waals surface area contributed by atoms with Crippen molar-refractivity contribution in [2.45, 2.75) is 186 Å². The third-order valence-corrected chi connectivity index (χ3v) is 18.5. The van der Waals surface area contributed by atoms with E-state index in [4.69, 9.17) is 4.12 Å². The van der Waals surface area contributed by atoms with Gasteiger partial charge in [-0.1, -0.05) is 236 Å². The van der Waals surface area contributed by atoms with Crippen LogP contribution in [0.5, 0.6) is 0 Å². The van der Waals surface area contributed by atoms with Crippen LogP contribution >= 0.6 is 0 Å². The normalized spacial score (nSPS) is 14.1. The summed E-state index contributed by atoms with van der Waals surface area (Å²) in [5, 5.41) is 5.76. The summed E-state index contributed by atoms with van der Waals surface area (Å²) < 4.78 is 8.54. The highest BCUT2D eigenvalue weighted by Gasteiger charge is 2.41. The predicted octanol–water partition coefficient (Wildman–Crippen LogP) is 12.9. The molecule has 0 fully saturated rings. The van der Waals surface area contributed by atoms with Gasteiger partial charge in [0, 0.05) is 0 Å². The zero-order valence-corrected chi connectivity index (χ0v) is 43.9. The van der Waals surface area contributed by atoms with E-state index in [1.807, 2.05) is 0 Å². The van der Waals surface area contributed by atoms with Crippen molar-refractivity contribution in [3.63, 3.8) is 0 Å². The Morgan fingerprint density at radius 2 is 0.458 bits per heavy atom. The Morgan fingerprint density at radius 1 is 0.288 bits per heavy atom. The molecular formula is C56H86OSi2. The van der Waals surface area contributed by atoms with Crippen LogP contribution in [-0.4, -0.2) is 18.1 Å². The average Bonchev–Trinajstić information content (AvgIpc) is 3.05. The fraction of sp³-hybridized carbons (Fsp3) is 0.571. The first-order valence-corrected chi connectivity index (χ1v) is 26.0. The second-order valence-electron chi connectivity index (χ2n) is 25.7. The molecule has 0 radical (unpaired) electrons. The van der Waals surface area contributed by atoms with Gasteiger partial charge in [-0.05, 0) is 112 Å². The largest absolute Gasteiger partial charge is 0.446 e. The molecule has 0 bridgehead atoms. The van der Waals surface area contributed by atoms with Crippen LogP contribution in [0.3, 0.4) is 0 Å². The van der Waals surface area contributed by atoms with Crippen molar-refractivity contribution in [3.8, 4) is 0 Å². The Hall–Kier alpha value is -2.73. The van der Waals surface area contributed by atoms with Gasteiger partial charge in [0.2, 0.25) is 18.1 Å². The van der Waals surface area contributed by atoms with E-state index in [1.54, 1.807) is 0 Å². The topological polar surface area (TPSA) is 9.23 Å². The highest BCUT2D eigenvalue weighted by Crippen LogP contribution is 2.40. The first-order valence-electron chi connectivity index (χ1n) is 22.8. The van der Waals surface area contributed by atoms with E-state index in [9.17, 15) is 0 Å². The first kappa shape index (κ1) is 48.9. The maximum atomic E-state index is 8.54. The van der Waals surface area contributed by atoms with E-state index in [0.29, 0.717) is 0 Å². The van der Waals surface area contributed by atoms with Crippen LogP contribution in [0, 0.1) is 21.7 Å². The predicted molar refractivity (Wildman–Crippen MR) is 268 cm³/mol. The summed E-state index contributed by atoms with van der Waals surface area (Å²) in [6.07, 6.45) is 4.35. The Labute approximate surface area is 368 Å². The minimum Gasteiger partial charge on any atom is -0.446 e. The van der Waals surface area contributed by atoms with Gasteiger partial charge in [-0.2, -0.15) is 0 Å². The summed E-state index contributed by atoms with van der Waals surface area (Å²) in [7, 11) is -4.87. The van der Waals surface area contributed by atoms with Gasteiger partial charge in [0.25, 0.3) is 0 Å². The molecule has 4 aromatic carbocycles. The van der Waals surface area contributed by atoms with Gasteiger partial charge in [0.05, 0.1) is 0 Å². The quantitative estimate of drug-likeness (QED) is 0.115. The van der Waals surface area contributed by atoms with Gasteiger partial charge in [-0.3, -0.25) is 0 Å². The molecule has 0 saturated heterocycles. The SMILES string of the molecule is CC(C)(C)CC(C)(C)c1ccccc1[SiH](O[SiH](c1ccccc1C(C)(C)CC(C)(C)C)c1ccccc1C(C)(C)CC(C)(C)C)c1ccccc1C(C)(C)CC(C)(C)C. The lowest BCUT2D eigenvalue weighted by molar-refractivity contribution is 0.284. The highest BCUT2D eigenvalue weighted by atomic mass is 28.4. The van der Waals surface area contributed by atoms with Gasteiger partial charge < -0.3 is 4.12 Å². The van der Waals surface area contributed by atoms with Crippen molar-refractivity contribution in [3.05, 3.63) is 119 Å². The fourth-order valence-corrected chi connectivity index (χ4v) is 20.1. The lowest BCUT2D eigenvalue weighted by Gasteiger charge is -2.40. The maximum Gasteiger partial charge on any atom is 0.229 e. The Balaban J connectivity index is 2.19. The molecule has 0 aliphatic heterocycles. The standard InChI is InChI=1S/C56H86OSi2/c1-49(2,3)37-53(13,14)41-29-21-25-33-45(41)58(46-34-26-22-30-42(46)54(15,16)38-50(4,5)6)57-59(47-35-27-23-31-43(47)55(17,18)39-51(7,8)9)48-36-28-24-32-44(48)56(19,20)40-52(10,11)12/h21-36,58-59H,37-40H2,1-20H3. The zero-order chi connectivity index (χ0) is 44.6. The second kappa shape index (κ2) is 17.6. The lowest BCUT2D eigenvalue weighted by Crippen LogP contribution is -2.60. The summed E-state index contributed by atoms with van der Waals surface area (Å²) in [6, 6.07) is 37.8. The van der Waals surface area contributed by atoms with Crippen molar-refractivity contribution in [1.82, 2.24) is 0 Å². The lowest BCUT2D eigenvalue weighted by atomic mass is 9.72. The van der Waals surface area contributed by atoms with Gasteiger partial charge >= 0.3 is 0 Å². The molecule has 59 heavy (non-hydrogen) atoms. The van der Waals surface area contributed by atoms with Crippen molar-refractivity contribution in [2.75, 3.05) is 0 Å². The molecule has 4 aromatic rings. The third-order valence-electron chi connectivity index (χ3n) is 12.1.